The average molecular weight is 349 g/mol. The predicted molar refractivity (Wildman–Crippen MR) is 71.3 cm³/mol. The van der Waals surface area contributed by atoms with Gasteiger partial charge >= 0.3 is 6.18 Å². The third-order valence-electron chi connectivity index (χ3n) is 2.83. The van der Waals surface area contributed by atoms with E-state index in [2.05, 4.69) is 19.2 Å². The van der Waals surface area contributed by atoms with Crippen LogP contribution < -0.4 is 4.68 Å². The Morgan fingerprint density at radius 1 is 1.22 bits per heavy atom. The van der Waals surface area contributed by atoms with Gasteiger partial charge in [0.2, 0.25) is 0 Å². The molecule has 2 aromatic rings. The van der Waals surface area contributed by atoms with Gasteiger partial charge in [-0.25, -0.2) is 9.97 Å². The molecule has 0 saturated heterocycles. The highest BCUT2D eigenvalue weighted by Gasteiger charge is 2.31. The maximum absolute atomic E-state index is 12.4. The second kappa shape index (κ2) is 6.54. The standard InChI is InChI=1S/C12H12F3N4O3S/c1-22-23(20,21)5-4-19-3-2-9(6-18-19)11-16-7-10(8-17-11)12(13,14)15/h2-3,6-8H,4-5H2,1H3/q+1. The normalized spacial score (nSPS) is 12.3. The Kier molecular flexibility index (Phi) is 4.90. The van der Waals surface area contributed by atoms with Crippen molar-refractivity contribution in [2.45, 2.75) is 12.7 Å². The van der Waals surface area contributed by atoms with Crippen molar-refractivity contribution in [3.8, 4) is 11.4 Å². The van der Waals surface area contributed by atoms with E-state index in [1.807, 2.05) is 0 Å². The van der Waals surface area contributed by atoms with E-state index < -0.39 is 21.9 Å². The molecule has 0 saturated carbocycles. The molecule has 7 nitrogen and oxygen atoms in total. The summed E-state index contributed by atoms with van der Waals surface area (Å²) < 4.78 is 65.3. The summed E-state index contributed by atoms with van der Waals surface area (Å²) >= 11 is 0. The Balaban J connectivity index is 2.10. The molecule has 0 spiro atoms. The highest BCUT2D eigenvalue weighted by molar-refractivity contribution is 7.86. The van der Waals surface area contributed by atoms with Crippen molar-refractivity contribution in [3.05, 3.63) is 36.4 Å². The zero-order chi connectivity index (χ0) is 17.1. The summed E-state index contributed by atoms with van der Waals surface area (Å²) in [6, 6.07) is 1.52. The number of aryl methyl sites for hydroxylation is 1. The molecular weight excluding hydrogens is 337 g/mol. The zero-order valence-corrected chi connectivity index (χ0v) is 12.7. The third-order valence-corrected chi connectivity index (χ3v) is 4.02. The fourth-order valence-corrected chi connectivity index (χ4v) is 2.14. The first-order valence-electron chi connectivity index (χ1n) is 6.25. The van der Waals surface area contributed by atoms with Gasteiger partial charge in [-0.1, -0.05) is 4.68 Å². The second-order valence-electron chi connectivity index (χ2n) is 4.40. The van der Waals surface area contributed by atoms with E-state index in [1.54, 1.807) is 0 Å². The van der Waals surface area contributed by atoms with Gasteiger partial charge in [-0.15, -0.1) is 0 Å². The SMILES string of the molecule is COS(=O)(=O)CC[n+]1ccc(-c2ncc(C(F)(F)F)cn2)cn1. The summed E-state index contributed by atoms with van der Waals surface area (Å²) in [5, 5.41) is 3.96. The lowest BCUT2D eigenvalue weighted by atomic mass is 10.2. The molecule has 0 unspecified atom stereocenters. The van der Waals surface area contributed by atoms with Gasteiger partial charge in [0.25, 0.3) is 10.1 Å². The molecule has 0 atom stereocenters. The van der Waals surface area contributed by atoms with Crippen LogP contribution in [0.25, 0.3) is 11.4 Å². The molecule has 2 heterocycles. The Bertz CT molecular complexity index is 762. The second-order valence-corrected chi connectivity index (χ2v) is 6.26. The molecule has 0 aliphatic heterocycles. The highest BCUT2D eigenvalue weighted by atomic mass is 32.2. The van der Waals surface area contributed by atoms with Crippen LogP contribution in [-0.2, 0) is 27.0 Å². The first-order valence-corrected chi connectivity index (χ1v) is 7.83. The van der Waals surface area contributed by atoms with Crippen molar-refractivity contribution < 1.29 is 30.5 Å². The smallest absolute Gasteiger partial charge is 0.273 e. The van der Waals surface area contributed by atoms with E-state index in [0.717, 1.165) is 7.11 Å². The number of rotatable bonds is 5. The topological polar surface area (TPSA) is 85.9 Å². The van der Waals surface area contributed by atoms with Crippen LogP contribution in [0.4, 0.5) is 13.2 Å². The van der Waals surface area contributed by atoms with Gasteiger partial charge < -0.3 is 0 Å². The van der Waals surface area contributed by atoms with Crippen LogP contribution in [0.15, 0.2) is 30.9 Å². The Morgan fingerprint density at radius 3 is 2.35 bits per heavy atom. The van der Waals surface area contributed by atoms with Gasteiger partial charge in [0.05, 0.1) is 12.7 Å². The van der Waals surface area contributed by atoms with Crippen LogP contribution in [0.5, 0.6) is 0 Å². The summed E-state index contributed by atoms with van der Waals surface area (Å²) in [6.45, 7) is 0.0737. The summed E-state index contributed by atoms with van der Waals surface area (Å²) in [5.74, 6) is -0.167. The molecule has 0 fully saturated rings. The highest BCUT2D eigenvalue weighted by Crippen LogP contribution is 2.28. The summed E-state index contributed by atoms with van der Waals surface area (Å²) in [4.78, 5) is 7.29. The van der Waals surface area contributed by atoms with Gasteiger partial charge in [-0.3, -0.25) is 4.18 Å². The van der Waals surface area contributed by atoms with Crippen molar-refractivity contribution in [1.82, 2.24) is 15.1 Å². The summed E-state index contributed by atoms with van der Waals surface area (Å²) in [7, 11) is -2.52. The van der Waals surface area contributed by atoms with Gasteiger partial charge in [0, 0.05) is 24.0 Å². The summed E-state index contributed by atoms with van der Waals surface area (Å²) in [6.07, 6.45) is -0.310. The quantitative estimate of drug-likeness (QED) is 0.587. The predicted octanol–water partition coefficient (Wildman–Crippen LogP) is 0.821. The average Bonchev–Trinajstić information content (AvgIpc) is 2.53. The summed E-state index contributed by atoms with van der Waals surface area (Å²) in [5.41, 5.74) is -0.533. The first kappa shape index (κ1) is 17.2. The maximum Gasteiger partial charge on any atom is 0.419 e. The first-order chi connectivity index (χ1) is 10.7. The van der Waals surface area contributed by atoms with E-state index >= 15 is 0 Å². The van der Waals surface area contributed by atoms with E-state index in [4.69, 9.17) is 0 Å². The van der Waals surface area contributed by atoms with E-state index in [9.17, 15) is 21.6 Å². The zero-order valence-electron chi connectivity index (χ0n) is 11.9. The lowest BCUT2D eigenvalue weighted by Crippen LogP contribution is -2.40. The number of nitrogens with zero attached hydrogens (tertiary/aromatic N) is 4. The third kappa shape index (κ3) is 4.66. The molecule has 2 rings (SSSR count). The van der Waals surface area contributed by atoms with Crippen molar-refractivity contribution in [3.63, 3.8) is 0 Å². The van der Waals surface area contributed by atoms with Crippen LogP contribution in [-0.4, -0.2) is 36.3 Å². The van der Waals surface area contributed by atoms with E-state index in [0.29, 0.717) is 18.0 Å². The number of hydrogen-bond acceptors (Lipinski definition) is 6. The van der Waals surface area contributed by atoms with Gasteiger partial charge in [-0.2, -0.15) is 21.6 Å². The molecule has 0 aliphatic rings. The van der Waals surface area contributed by atoms with Crippen LogP contribution in [0.2, 0.25) is 0 Å². The molecule has 0 radical (unpaired) electrons. The van der Waals surface area contributed by atoms with Crippen LogP contribution in [0.3, 0.4) is 0 Å². The van der Waals surface area contributed by atoms with Crippen molar-refractivity contribution in [2.24, 2.45) is 0 Å². The minimum atomic E-state index is -4.50. The number of aromatic nitrogens is 4. The van der Waals surface area contributed by atoms with Crippen molar-refractivity contribution >= 4 is 10.1 Å². The molecular formula is C12H12F3N4O3S+. The molecule has 124 valence electrons. The number of hydrogen-bond donors (Lipinski definition) is 0. The fourth-order valence-electron chi connectivity index (χ4n) is 1.56. The minimum Gasteiger partial charge on any atom is -0.273 e. The number of halogens is 3. The van der Waals surface area contributed by atoms with Crippen molar-refractivity contribution in [2.75, 3.05) is 12.9 Å². The van der Waals surface area contributed by atoms with Crippen LogP contribution in [0, 0.1) is 0 Å². The van der Waals surface area contributed by atoms with E-state index in [-0.39, 0.29) is 18.1 Å². The molecule has 11 heteroatoms. The largest absolute Gasteiger partial charge is 0.419 e. The Hall–Kier alpha value is -2.14. The van der Waals surface area contributed by atoms with Crippen molar-refractivity contribution in [1.29, 1.82) is 0 Å². The van der Waals surface area contributed by atoms with E-state index in [1.165, 1.54) is 23.1 Å². The Morgan fingerprint density at radius 2 is 1.87 bits per heavy atom. The minimum absolute atomic E-state index is 0.0737. The number of alkyl halides is 3. The van der Waals surface area contributed by atoms with Gasteiger partial charge in [-0.05, 0) is 5.10 Å². The molecule has 23 heavy (non-hydrogen) atoms. The molecule has 0 N–H and O–H groups in total. The lowest BCUT2D eigenvalue weighted by molar-refractivity contribution is -0.750. The molecule has 0 bridgehead atoms. The Labute approximate surface area is 129 Å². The fraction of sp³-hybridized carbons (Fsp3) is 0.333. The monoisotopic (exact) mass is 349 g/mol. The molecule has 2 aromatic heterocycles. The lowest BCUT2D eigenvalue weighted by Gasteiger charge is -2.05. The molecule has 0 aromatic carbocycles. The molecule has 0 aliphatic carbocycles. The molecule has 0 amide bonds. The van der Waals surface area contributed by atoms with Crippen LogP contribution in [0.1, 0.15) is 5.56 Å². The van der Waals surface area contributed by atoms with Gasteiger partial charge in [0.15, 0.2) is 18.6 Å². The maximum atomic E-state index is 12.4. The van der Waals surface area contributed by atoms with Gasteiger partial charge in [0.1, 0.15) is 11.9 Å². The van der Waals surface area contributed by atoms with Crippen LogP contribution >= 0.6 is 0 Å².